The van der Waals surface area contributed by atoms with Gasteiger partial charge in [0.1, 0.15) is 0 Å². The topological polar surface area (TPSA) is 85.8 Å². The Balaban J connectivity index is 1.44. The zero-order valence-corrected chi connectivity index (χ0v) is 12.9. The Labute approximate surface area is 138 Å². The molecule has 0 unspecified atom stereocenters. The van der Waals surface area contributed by atoms with Gasteiger partial charge in [-0.05, 0) is 12.1 Å². The molecule has 8 nitrogen and oxygen atoms in total. The molecule has 2 aromatic rings. The number of carbonyl (C=O) groups excluding carboxylic acids is 1. The molecule has 2 aliphatic rings. The Morgan fingerprint density at radius 3 is 2.62 bits per heavy atom. The van der Waals surface area contributed by atoms with Crippen molar-refractivity contribution in [1.82, 2.24) is 14.9 Å². The number of nitrogens with zero attached hydrogens (tertiary/aromatic N) is 3. The van der Waals surface area contributed by atoms with E-state index in [1.54, 1.807) is 4.90 Å². The molecular formula is C16H16N4O4. The molecule has 4 rings (SSSR count). The molecule has 0 radical (unpaired) electrons. The van der Waals surface area contributed by atoms with E-state index in [1.807, 2.05) is 18.2 Å². The molecule has 0 spiro atoms. The molecule has 1 aromatic heterocycles. The number of amides is 1. The number of fused-ring (bicyclic) bond motifs is 1. The van der Waals surface area contributed by atoms with Crippen molar-refractivity contribution in [3.63, 3.8) is 0 Å². The van der Waals surface area contributed by atoms with Crippen LogP contribution >= 0.6 is 0 Å². The molecule has 1 N–H and O–H groups in total. The van der Waals surface area contributed by atoms with Crippen molar-refractivity contribution >= 4 is 17.5 Å². The Hall–Kier alpha value is -2.87. The van der Waals surface area contributed by atoms with Gasteiger partial charge in [0.25, 0.3) is 5.91 Å². The highest BCUT2D eigenvalue weighted by atomic mass is 16.7. The molecule has 1 saturated heterocycles. The Morgan fingerprint density at radius 1 is 1.08 bits per heavy atom. The number of hydrogen-bond acceptors (Lipinski definition) is 7. The smallest absolute Gasteiger partial charge is 0.257 e. The average molecular weight is 328 g/mol. The average Bonchev–Trinajstić information content (AvgIpc) is 3.10. The van der Waals surface area contributed by atoms with Crippen molar-refractivity contribution in [2.24, 2.45) is 0 Å². The molecule has 8 heteroatoms. The van der Waals surface area contributed by atoms with Crippen LogP contribution in [0.3, 0.4) is 0 Å². The number of anilines is 2. The summed E-state index contributed by atoms with van der Waals surface area (Å²) in [6.45, 7) is 2.55. The van der Waals surface area contributed by atoms with Crippen LogP contribution in [0, 0.1) is 0 Å². The quantitative estimate of drug-likeness (QED) is 0.912. The number of nitrogens with one attached hydrogen (secondary N) is 1. The predicted octanol–water partition coefficient (Wildman–Crippen LogP) is 1.42. The van der Waals surface area contributed by atoms with Gasteiger partial charge < -0.3 is 24.4 Å². The summed E-state index contributed by atoms with van der Waals surface area (Å²) in [7, 11) is 0. The van der Waals surface area contributed by atoms with Crippen LogP contribution in [0.4, 0.5) is 11.6 Å². The fourth-order valence-electron chi connectivity index (χ4n) is 2.56. The highest BCUT2D eigenvalue weighted by Crippen LogP contribution is 2.34. The minimum absolute atomic E-state index is 0.0760. The lowest BCUT2D eigenvalue weighted by Gasteiger charge is -2.26. The summed E-state index contributed by atoms with van der Waals surface area (Å²) in [6, 6.07) is 5.49. The van der Waals surface area contributed by atoms with E-state index in [0.717, 1.165) is 5.69 Å². The number of ether oxygens (including phenoxy) is 3. The lowest BCUT2D eigenvalue weighted by Crippen LogP contribution is -2.40. The Bertz CT molecular complexity index is 744. The molecule has 24 heavy (non-hydrogen) atoms. The van der Waals surface area contributed by atoms with E-state index < -0.39 is 0 Å². The van der Waals surface area contributed by atoms with E-state index in [2.05, 4.69) is 15.3 Å². The molecule has 0 bridgehead atoms. The van der Waals surface area contributed by atoms with Crippen LogP contribution in [0.5, 0.6) is 11.5 Å². The van der Waals surface area contributed by atoms with Gasteiger partial charge in [-0.3, -0.25) is 4.79 Å². The van der Waals surface area contributed by atoms with Gasteiger partial charge in [0.05, 0.1) is 18.8 Å². The molecular weight excluding hydrogens is 312 g/mol. The fourth-order valence-corrected chi connectivity index (χ4v) is 2.56. The van der Waals surface area contributed by atoms with Crippen LogP contribution in [0.15, 0.2) is 30.6 Å². The minimum atomic E-state index is -0.0760. The largest absolute Gasteiger partial charge is 0.454 e. The summed E-state index contributed by atoms with van der Waals surface area (Å²) >= 11 is 0. The second-order valence-corrected chi connectivity index (χ2v) is 5.39. The summed E-state index contributed by atoms with van der Waals surface area (Å²) in [6.07, 6.45) is 3.06. The van der Waals surface area contributed by atoms with Crippen molar-refractivity contribution in [2.45, 2.75) is 0 Å². The van der Waals surface area contributed by atoms with Crippen LogP contribution in [0.2, 0.25) is 0 Å². The van der Waals surface area contributed by atoms with Crippen LogP contribution in [-0.4, -0.2) is 53.9 Å². The van der Waals surface area contributed by atoms with Gasteiger partial charge in [0, 0.05) is 37.2 Å². The van der Waals surface area contributed by atoms with E-state index >= 15 is 0 Å². The van der Waals surface area contributed by atoms with Gasteiger partial charge in [-0.2, -0.15) is 0 Å². The molecule has 1 fully saturated rings. The number of hydrogen-bond donors (Lipinski definition) is 1. The highest BCUT2D eigenvalue weighted by Gasteiger charge is 2.19. The first-order chi connectivity index (χ1) is 11.8. The second kappa shape index (κ2) is 6.32. The molecule has 1 amide bonds. The number of carbonyl (C=O) groups is 1. The Morgan fingerprint density at radius 2 is 1.83 bits per heavy atom. The predicted molar refractivity (Wildman–Crippen MR) is 84.6 cm³/mol. The molecule has 0 aliphatic carbocycles. The van der Waals surface area contributed by atoms with Gasteiger partial charge in [-0.1, -0.05) is 0 Å². The maximum atomic E-state index is 12.3. The SMILES string of the molecule is O=C(c1cnc(Nc2ccc3c(c2)OCO3)nc1)N1CCOCC1. The zero-order valence-electron chi connectivity index (χ0n) is 12.9. The lowest BCUT2D eigenvalue weighted by molar-refractivity contribution is 0.0302. The molecule has 0 atom stereocenters. The van der Waals surface area contributed by atoms with Gasteiger partial charge in [-0.25, -0.2) is 9.97 Å². The number of morpholine rings is 1. The fraction of sp³-hybridized carbons (Fsp3) is 0.312. The third kappa shape index (κ3) is 2.95. The molecule has 2 aliphatic heterocycles. The first-order valence-electron chi connectivity index (χ1n) is 7.65. The molecule has 1 aromatic carbocycles. The summed E-state index contributed by atoms with van der Waals surface area (Å²) in [4.78, 5) is 22.5. The van der Waals surface area contributed by atoms with Crippen molar-refractivity contribution in [3.8, 4) is 11.5 Å². The standard InChI is InChI=1S/C16H16N4O4/c21-15(20-3-5-22-6-4-20)11-8-17-16(18-9-11)19-12-1-2-13-14(7-12)24-10-23-13/h1-2,7-9H,3-6,10H2,(H,17,18,19). The third-order valence-electron chi connectivity index (χ3n) is 3.83. The van der Waals surface area contributed by atoms with Crippen LogP contribution in [-0.2, 0) is 4.74 Å². The van der Waals surface area contributed by atoms with Crippen LogP contribution in [0.25, 0.3) is 0 Å². The van der Waals surface area contributed by atoms with Gasteiger partial charge in [0.2, 0.25) is 12.7 Å². The normalized spacial score (nSPS) is 16.1. The zero-order chi connectivity index (χ0) is 16.4. The maximum absolute atomic E-state index is 12.3. The summed E-state index contributed by atoms with van der Waals surface area (Å²) in [5.41, 5.74) is 1.25. The number of rotatable bonds is 3. The lowest BCUT2D eigenvalue weighted by atomic mass is 10.2. The van der Waals surface area contributed by atoms with Crippen LogP contribution in [0.1, 0.15) is 10.4 Å². The molecule has 0 saturated carbocycles. The van der Waals surface area contributed by atoms with Crippen molar-refractivity contribution in [2.75, 3.05) is 38.4 Å². The first kappa shape index (κ1) is 14.7. The van der Waals surface area contributed by atoms with Crippen molar-refractivity contribution in [1.29, 1.82) is 0 Å². The minimum Gasteiger partial charge on any atom is -0.454 e. The first-order valence-corrected chi connectivity index (χ1v) is 7.65. The Kier molecular flexibility index (Phi) is 3.87. The van der Waals surface area contributed by atoms with Crippen molar-refractivity contribution in [3.05, 3.63) is 36.2 Å². The van der Waals surface area contributed by atoms with Crippen molar-refractivity contribution < 1.29 is 19.0 Å². The van der Waals surface area contributed by atoms with Gasteiger partial charge >= 0.3 is 0 Å². The van der Waals surface area contributed by atoms with Gasteiger partial charge in [0.15, 0.2) is 11.5 Å². The van der Waals surface area contributed by atoms with E-state index in [4.69, 9.17) is 14.2 Å². The van der Waals surface area contributed by atoms with E-state index in [1.165, 1.54) is 12.4 Å². The summed E-state index contributed by atoms with van der Waals surface area (Å²) < 4.78 is 15.9. The van der Waals surface area contributed by atoms with Crippen LogP contribution < -0.4 is 14.8 Å². The maximum Gasteiger partial charge on any atom is 0.257 e. The third-order valence-corrected chi connectivity index (χ3v) is 3.83. The molecule has 124 valence electrons. The van der Waals surface area contributed by atoms with E-state index in [0.29, 0.717) is 49.3 Å². The second-order valence-electron chi connectivity index (χ2n) is 5.39. The summed E-state index contributed by atoms with van der Waals surface area (Å²) in [5, 5.41) is 3.08. The summed E-state index contributed by atoms with van der Waals surface area (Å²) in [5.74, 6) is 1.73. The monoisotopic (exact) mass is 328 g/mol. The molecule has 3 heterocycles. The van der Waals surface area contributed by atoms with E-state index in [9.17, 15) is 4.79 Å². The highest BCUT2D eigenvalue weighted by molar-refractivity contribution is 5.93. The number of aromatic nitrogens is 2. The van der Waals surface area contributed by atoms with E-state index in [-0.39, 0.29) is 12.7 Å². The van der Waals surface area contributed by atoms with Gasteiger partial charge in [-0.15, -0.1) is 0 Å². The number of benzene rings is 1.